The lowest BCUT2D eigenvalue weighted by atomic mass is 10.3. The number of carbonyl (C=O) groups excluding carboxylic acids is 2. The van der Waals surface area contributed by atoms with Gasteiger partial charge in [0.1, 0.15) is 5.00 Å². The molecular formula is C12H15F3N2O3S. The average molecular weight is 324 g/mol. The zero-order chi connectivity index (χ0) is 16.0. The van der Waals surface area contributed by atoms with Gasteiger partial charge >= 0.3 is 12.1 Å². The van der Waals surface area contributed by atoms with Crippen molar-refractivity contribution in [1.82, 2.24) is 5.32 Å². The molecule has 0 fully saturated rings. The van der Waals surface area contributed by atoms with Crippen molar-refractivity contribution < 1.29 is 27.5 Å². The van der Waals surface area contributed by atoms with E-state index in [0.717, 1.165) is 16.2 Å². The number of carbonyl (C=O) groups is 2. The molecule has 118 valence electrons. The summed E-state index contributed by atoms with van der Waals surface area (Å²) in [6, 6.07) is 1.56. The topological polar surface area (TPSA) is 67.4 Å². The molecule has 9 heteroatoms. The molecule has 21 heavy (non-hydrogen) atoms. The maximum absolute atomic E-state index is 11.9. The Morgan fingerprint density at radius 2 is 2.05 bits per heavy atom. The third-order valence-corrected chi connectivity index (χ3v) is 3.18. The second-order valence-corrected chi connectivity index (χ2v) is 5.34. The first-order valence-electron chi connectivity index (χ1n) is 6.07. The van der Waals surface area contributed by atoms with Crippen LogP contribution in [0.4, 0.5) is 18.2 Å². The highest BCUT2D eigenvalue weighted by Crippen LogP contribution is 2.28. The predicted molar refractivity (Wildman–Crippen MR) is 72.6 cm³/mol. The Labute approximate surface area is 123 Å². The molecule has 1 rings (SSSR count). The van der Waals surface area contributed by atoms with Crippen LogP contribution in [0.15, 0.2) is 6.07 Å². The van der Waals surface area contributed by atoms with Gasteiger partial charge in [-0.2, -0.15) is 13.2 Å². The summed E-state index contributed by atoms with van der Waals surface area (Å²) < 4.78 is 40.7. The van der Waals surface area contributed by atoms with E-state index in [0.29, 0.717) is 0 Å². The minimum Gasteiger partial charge on any atom is -0.462 e. The van der Waals surface area contributed by atoms with Crippen LogP contribution in [0.2, 0.25) is 0 Å². The van der Waals surface area contributed by atoms with Crippen molar-refractivity contribution in [3.8, 4) is 0 Å². The van der Waals surface area contributed by atoms with Gasteiger partial charge in [-0.1, -0.05) is 0 Å². The number of hydrogen-bond acceptors (Lipinski definition) is 5. The number of thiophene rings is 1. The van der Waals surface area contributed by atoms with Crippen molar-refractivity contribution >= 4 is 28.2 Å². The lowest BCUT2D eigenvalue weighted by Gasteiger charge is -2.09. The Bertz CT molecular complexity index is 514. The second-order valence-electron chi connectivity index (χ2n) is 4.09. The third-order valence-electron chi connectivity index (χ3n) is 2.21. The quantitative estimate of drug-likeness (QED) is 0.788. The number of rotatable bonds is 6. The van der Waals surface area contributed by atoms with Crippen molar-refractivity contribution in [3.63, 3.8) is 0 Å². The molecule has 0 saturated carbocycles. The summed E-state index contributed by atoms with van der Waals surface area (Å²) in [4.78, 5) is 24.0. The number of esters is 1. The summed E-state index contributed by atoms with van der Waals surface area (Å²) >= 11 is 1.15. The van der Waals surface area contributed by atoms with Gasteiger partial charge in [0.25, 0.3) is 0 Å². The molecule has 0 unspecified atom stereocenters. The molecular weight excluding hydrogens is 309 g/mol. The van der Waals surface area contributed by atoms with E-state index in [1.54, 1.807) is 19.9 Å². The van der Waals surface area contributed by atoms with Gasteiger partial charge in [-0.15, -0.1) is 11.3 Å². The van der Waals surface area contributed by atoms with Gasteiger partial charge in [0.2, 0.25) is 5.91 Å². The van der Waals surface area contributed by atoms with E-state index in [-0.39, 0.29) is 17.2 Å². The van der Waals surface area contributed by atoms with Gasteiger partial charge in [0.05, 0.1) is 25.3 Å². The van der Waals surface area contributed by atoms with Crippen molar-refractivity contribution in [2.24, 2.45) is 0 Å². The molecule has 0 bridgehead atoms. The Morgan fingerprint density at radius 1 is 1.38 bits per heavy atom. The molecule has 0 atom stereocenters. The molecule has 1 heterocycles. The minimum atomic E-state index is -4.38. The van der Waals surface area contributed by atoms with Gasteiger partial charge in [-0.25, -0.2) is 4.79 Å². The lowest BCUT2D eigenvalue weighted by molar-refractivity contribution is -0.126. The van der Waals surface area contributed by atoms with E-state index in [1.165, 1.54) is 0 Å². The highest BCUT2D eigenvalue weighted by molar-refractivity contribution is 7.16. The standard InChI is InChI=1S/C12H15F3N2O3S/c1-3-20-11(19)8-4-7(2)21-10(8)17-9(18)5-16-6-12(13,14)15/h4,16H,3,5-6H2,1-2H3,(H,17,18). The van der Waals surface area contributed by atoms with E-state index < -0.39 is 31.1 Å². The molecule has 1 aromatic rings. The maximum Gasteiger partial charge on any atom is 0.401 e. The number of anilines is 1. The molecule has 0 aliphatic heterocycles. The zero-order valence-corrected chi connectivity index (χ0v) is 12.3. The smallest absolute Gasteiger partial charge is 0.401 e. The Morgan fingerprint density at radius 3 is 2.62 bits per heavy atom. The van der Waals surface area contributed by atoms with Gasteiger partial charge in [0, 0.05) is 4.88 Å². The number of amides is 1. The second kappa shape index (κ2) is 7.41. The molecule has 1 amide bonds. The number of hydrogen-bond donors (Lipinski definition) is 2. The largest absolute Gasteiger partial charge is 0.462 e. The Balaban J connectivity index is 2.62. The van der Waals surface area contributed by atoms with Gasteiger partial charge in [-0.3, -0.25) is 4.79 Å². The van der Waals surface area contributed by atoms with Crippen LogP contribution < -0.4 is 10.6 Å². The summed E-state index contributed by atoms with van der Waals surface area (Å²) in [5.41, 5.74) is 0.198. The zero-order valence-electron chi connectivity index (χ0n) is 11.5. The van der Waals surface area contributed by atoms with E-state index in [1.807, 2.05) is 5.32 Å². The highest BCUT2D eigenvalue weighted by atomic mass is 32.1. The number of ether oxygens (including phenoxy) is 1. The van der Waals surface area contributed by atoms with Crippen molar-refractivity contribution in [3.05, 3.63) is 16.5 Å². The first-order valence-corrected chi connectivity index (χ1v) is 6.89. The van der Waals surface area contributed by atoms with E-state index in [2.05, 4.69) is 5.32 Å². The van der Waals surface area contributed by atoms with Crippen LogP contribution in [-0.4, -0.2) is 37.7 Å². The third kappa shape index (κ3) is 6.13. The van der Waals surface area contributed by atoms with Crippen LogP contribution in [0.3, 0.4) is 0 Å². The fourth-order valence-corrected chi connectivity index (χ4v) is 2.37. The molecule has 0 saturated heterocycles. The average Bonchev–Trinajstić information content (AvgIpc) is 2.68. The van der Waals surface area contributed by atoms with Crippen molar-refractivity contribution in [1.29, 1.82) is 0 Å². The number of alkyl halides is 3. The first-order chi connectivity index (χ1) is 9.73. The summed E-state index contributed by atoms with van der Waals surface area (Å²) in [5, 5.41) is 4.65. The first kappa shape index (κ1) is 17.4. The number of halogens is 3. The number of nitrogens with one attached hydrogen (secondary N) is 2. The van der Waals surface area contributed by atoms with Crippen molar-refractivity contribution in [2.45, 2.75) is 20.0 Å². The van der Waals surface area contributed by atoms with Crippen LogP contribution in [0.25, 0.3) is 0 Å². The minimum absolute atomic E-state index is 0.189. The van der Waals surface area contributed by atoms with Crippen molar-refractivity contribution in [2.75, 3.05) is 25.0 Å². The predicted octanol–water partition coefficient (Wildman–Crippen LogP) is 2.32. The van der Waals surface area contributed by atoms with Gasteiger partial charge in [-0.05, 0) is 19.9 Å². The highest BCUT2D eigenvalue weighted by Gasteiger charge is 2.26. The summed E-state index contributed by atoms with van der Waals surface area (Å²) in [7, 11) is 0. The van der Waals surface area contributed by atoms with Crippen LogP contribution >= 0.6 is 11.3 Å². The monoisotopic (exact) mass is 324 g/mol. The van der Waals surface area contributed by atoms with Gasteiger partial charge < -0.3 is 15.4 Å². The van der Waals surface area contributed by atoms with Crippen LogP contribution in [0.1, 0.15) is 22.2 Å². The molecule has 0 spiro atoms. The molecule has 0 aromatic carbocycles. The van der Waals surface area contributed by atoms with E-state index >= 15 is 0 Å². The molecule has 2 N–H and O–H groups in total. The summed E-state index contributed by atoms with van der Waals surface area (Å²) in [5.74, 6) is -1.24. The van der Waals surface area contributed by atoms with Crippen LogP contribution in [0.5, 0.6) is 0 Å². The normalized spacial score (nSPS) is 11.3. The van der Waals surface area contributed by atoms with Crippen LogP contribution in [-0.2, 0) is 9.53 Å². The Kier molecular flexibility index (Phi) is 6.16. The summed E-state index contributed by atoms with van der Waals surface area (Å²) in [6.07, 6.45) is -4.38. The van der Waals surface area contributed by atoms with E-state index in [4.69, 9.17) is 4.74 Å². The maximum atomic E-state index is 11.9. The molecule has 0 aliphatic rings. The molecule has 0 aliphatic carbocycles. The lowest BCUT2D eigenvalue weighted by Crippen LogP contribution is -2.35. The summed E-state index contributed by atoms with van der Waals surface area (Å²) in [6.45, 7) is 1.82. The molecule has 0 radical (unpaired) electrons. The SMILES string of the molecule is CCOC(=O)c1cc(C)sc1NC(=O)CNCC(F)(F)F. The fourth-order valence-electron chi connectivity index (χ4n) is 1.46. The van der Waals surface area contributed by atoms with Crippen LogP contribution in [0, 0.1) is 6.92 Å². The molecule has 5 nitrogen and oxygen atoms in total. The number of aryl methyl sites for hydroxylation is 1. The molecule has 1 aromatic heterocycles. The Hall–Kier alpha value is -1.61. The fraction of sp³-hybridized carbons (Fsp3) is 0.500. The van der Waals surface area contributed by atoms with Gasteiger partial charge in [0.15, 0.2) is 0 Å². The van der Waals surface area contributed by atoms with E-state index in [9.17, 15) is 22.8 Å².